The first kappa shape index (κ1) is 13.2. The Labute approximate surface area is 112 Å². The van der Waals surface area contributed by atoms with Crippen molar-refractivity contribution in [3.8, 4) is 0 Å². The van der Waals surface area contributed by atoms with Gasteiger partial charge in [-0.25, -0.2) is 4.98 Å². The van der Waals surface area contributed by atoms with E-state index in [0.29, 0.717) is 6.61 Å². The Bertz CT molecular complexity index is 603. The number of hydrogen-bond donors (Lipinski definition) is 1. The molecule has 0 radical (unpaired) electrons. The molecule has 2 heterocycles. The standard InChI is InChI=1S/C13H13F3N2O2/c14-13(15,16)12-18-10-6-8(3-4-11(10)20-12)17-9-2-1-5-19-7-9/h3-4,6,9,17H,1-2,5,7H2. The summed E-state index contributed by atoms with van der Waals surface area (Å²) in [4.78, 5) is 3.47. The highest BCUT2D eigenvalue weighted by molar-refractivity contribution is 5.77. The number of nitrogens with zero attached hydrogens (tertiary/aromatic N) is 1. The van der Waals surface area contributed by atoms with E-state index in [0.717, 1.165) is 25.1 Å². The Kier molecular flexibility index (Phi) is 3.29. The predicted molar refractivity (Wildman–Crippen MR) is 66.5 cm³/mol. The van der Waals surface area contributed by atoms with E-state index in [4.69, 9.17) is 4.74 Å². The lowest BCUT2D eigenvalue weighted by Crippen LogP contribution is -2.29. The summed E-state index contributed by atoms with van der Waals surface area (Å²) in [6, 6.07) is 4.91. The molecule has 108 valence electrons. The number of rotatable bonds is 2. The Morgan fingerprint density at radius 2 is 2.15 bits per heavy atom. The van der Waals surface area contributed by atoms with E-state index in [9.17, 15) is 13.2 Å². The number of alkyl halides is 3. The van der Waals surface area contributed by atoms with Crippen LogP contribution in [0.2, 0.25) is 0 Å². The van der Waals surface area contributed by atoms with Gasteiger partial charge in [-0.2, -0.15) is 13.2 Å². The van der Waals surface area contributed by atoms with Gasteiger partial charge in [0.2, 0.25) is 0 Å². The summed E-state index contributed by atoms with van der Waals surface area (Å²) >= 11 is 0. The highest BCUT2D eigenvalue weighted by Crippen LogP contribution is 2.32. The summed E-state index contributed by atoms with van der Waals surface area (Å²) in [7, 11) is 0. The highest BCUT2D eigenvalue weighted by atomic mass is 19.4. The molecule has 4 nitrogen and oxygen atoms in total. The van der Waals surface area contributed by atoms with Gasteiger partial charge in [-0.1, -0.05) is 0 Å². The predicted octanol–water partition coefficient (Wildman–Crippen LogP) is 3.44. The molecule has 1 aromatic carbocycles. The Morgan fingerprint density at radius 1 is 1.30 bits per heavy atom. The number of nitrogens with one attached hydrogen (secondary N) is 1. The van der Waals surface area contributed by atoms with Crippen LogP contribution >= 0.6 is 0 Å². The fourth-order valence-corrected chi connectivity index (χ4v) is 2.23. The molecule has 0 amide bonds. The van der Waals surface area contributed by atoms with Gasteiger partial charge in [0, 0.05) is 18.3 Å². The summed E-state index contributed by atoms with van der Waals surface area (Å²) in [5, 5.41) is 3.23. The molecular weight excluding hydrogens is 273 g/mol. The molecule has 1 saturated heterocycles. The third kappa shape index (κ3) is 2.72. The van der Waals surface area contributed by atoms with Crippen LogP contribution in [0.15, 0.2) is 22.6 Å². The van der Waals surface area contributed by atoms with Gasteiger partial charge in [0.15, 0.2) is 5.58 Å². The Morgan fingerprint density at radius 3 is 2.85 bits per heavy atom. The second kappa shape index (κ2) is 4.97. The van der Waals surface area contributed by atoms with Gasteiger partial charge in [0.1, 0.15) is 5.52 Å². The van der Waals surface area contributed by atoms with Crippen LogP contribution in [-0.2, 0) is 10.9 Å². The molecule has 1 aliphatic rings. The van der Waals surface area contributed by atoms with Crippen molar-refractivity contribution in [2.24, 2.45) is 0 Å². The van der Waals surface area contributed by atoms with Crippen molar-refractivity contribution >= 4 is 16.8 Å². The van der Waals surface area contributed by atoms with Crippen LogP contribution in [0, 0.1) is 0 Å². The highest BCUT2D eigenvalue weighted by Gasteiger charge is 2.37. The van der Waals surface area contributed by atoms with Crippen LogP contribution < -0.4 is 5.32 Å². The normalized spacial score (nSPS) is 20.2. The third-order valence-electron chi connectivity index (χ3n) is 3.16. The summed E-state index contributed by atoms with van der Waals surface area (Å²) in [5.41, 5.74) is 1.04. The monoisotopic (exact) mass is 286 g/mol. The van der Waals surface area contributed by atoms with Crippen molar-refractivity contribution in [1.29, 1.82) is 0 Å². The zero-order valence-electron chi connectivity index (χ0n) is 10.5. The maximum absolute atomic E-state index is 12.5. The van der Waals surface area contributed by atoms with E-state index in [1.54, 1.807) is 12.1 Å². The van der Waals surface area contributed by atoms with E-state index in [-0.39, 0.29) is 17.1 Å². The minimum absolute atomic E-state index is 0.128. The van der Waals surface area contributed by atoms with E-state index >= 15 is 0 Å². The van der Waals surface area contributed by atoms with Gasteiger partial charge in [-0.3, -0.25) is 0 Å². The van der Waals surface area contributed by atoms with Crippen molar-refractivity contribution in [3.05, 3.63) is 24.1 Å². The SMILES string of the molecule is FC(F)(F)c1nc2cc(NC3CCCOC3)ccc2o1. The minimum Gasteiger partial charge on any atom is -0.433 e. The molecule has 1 unspecified atom stereocenters. The lowest BCUT2D eigenvalue weighted by atomic mass is 10.1. The summed E-state index contributed by atoms with van der Waals surface area (Å²) in [6.07, 6.45) is -2.61. The topological polar surface area (TPSA) is 47.3 Å². The van der Waals surface area contributed by atoms with E-state index in [1.807, 2.05) is 0 Å². The van der Waals surface area contributed by atoms with Crippen LogP contribution in [-0.4, -0.2) is 24.2 Å². The maximum atomic E-state index is 12.5. The Hall–Kier alpha value is -1.76. The molecular formula is C13H13F3N2O2. The number of hydrogen-bond acceptors (Lipinski definition) is 4. The van der Waals surface area contributed by atoms with E-state index in [2.05, 4.69) is 14.7 Å². The molecule has 1 aliphatic heterocycles. The van der Waals surface area contributed by atoms with Crippen LogP contribution in [0.5, 0.6) is 0 Å². The number of anilines is 1. The number of fused-ring (bicyclic) bond motifs is 1. The van der Waals surface area contributed by atoms with Gasteiger partial charge in [0.25, 0.3) is 0 Å². The van der Waals surface area contributed by atoms with Crippen molar-refractivity contribution in [2.45, 2.75) is 25.1 Å². The smallest absolute Gasteiger partial charge is 0.433 e. The number of aromatic nitrogens is 1. The Balaban J connectivity index is 1.82. The summed E-state index contributed by atoms with van der Waals surface area (Å²) in [6.45, 7) is 1.36. The minimum atomic E-state index is -4.57. The third-order valence-corrected chi connectivity index (χ3v) is 3.16. The second-order valence-electron chi connectivity index (χ2n) is 4.76. The van der Waals surface area contributed by atoms with E-state index < -0.39 is 12.1 Å². The van der Waals surface area contributed by atoms with Crippen molar-refractivity contribution in [2.75, 3.05) is 18.5 Å². The molecule has 2 aromatic rings. The molecule has 1 fully saturated rings. The van der Waals surface area contributed by atoms with Crippen LogP contribution in [0.25, 0.3) is 11.1 Å². The first-order chi connectivity index (χ1) is 9.52. The van der Waals surface area contributed by atoms with Crippen LogP contribution in [0.3, 0.4) is 0 Å². The molecule has 3 rings (SSSR count). The zero-order chi connectivity index (χ0) is 14.2. The molecule has 0 spiro atoms. The molecule has 1 N–H and O–H groups in total. The maximum Gasteiger partial charge on any atom is 0.468 e. The first-order valence-corrected chi connectivity index (χ1v) is 6.34. The molecule has 0 aliphatic carbocycles. The molecule has 1 atom stereocenters. The average molecular weight is 286 g/mol. The van der Waals surface area contributed by atoms with Gasteiger partial charge in [0.05, 0.1) is 6.61 Å². The van der Waals surface area contributed by atoms with E-state index in [1.165, 1.54) is 6.07 Å². The zero-order valence-corrected chi connectivity index (χ0v) is 10.5. The number of oxazole rings is 1. The molecule has 0 saturated carbocycles. The lowest BCUT2D eigenvalue weighted by Gasteiger charge is -2.24. The number of halogens is 3. The van der Waals surface area contributed by atoms with Crippen molar-refractivity contribution in [3.63, 3.8) is 0 Å². The molecule has 7 heteroatoms. The fourth-order valence-electron chi connectivity index (χ4n) is 2.23. The molecule has 20 heavy (non-hydrogen) atoms. The van der Waals surface area contributed by atoms with Gasteiger partial charge < -0.3 is 14.5 Å². The first-order valence-electron chi connectivity index (χ1n) is 6.34. The van der Waals surface area contributed by atoms with Gasteiger partial charge in [-0.05, 0) is 31.0 Å². The van der Waals surface area contributed by atoms with Crippen LogP contribution in [0.1, 0.15) is 18.7 Å². The lowest BCUT2D eigenvalue weighted by molar-refractivity contribution is -0.156. The van der Waals surface area contributed by atoms with Gasteiger partial charge in [-0.15, -0.1) is 0 Å². The molecule has 1 aromatic heterocycles. The van der Waals surface area contributed by atoms with Crippen molar-refractivity contribution < 1.29 is 22.3 Å². The van der Waals surface area contributed by atoms with Crippen molar-refractivity contribution in [1.82, 2.24) is 4.98 Å². The second-order valence-corrected chi connectivity index (χ2v) is 4.76. The largest absolute Gasteiger partial charge is 0.468 e. The van der Waals surface area contributed by atoms with Crippen LogP contribution in [0.4, 0.5) is 18.9 Å². The molecule has 0 bridgehead atoms. The summed E-state index contributed by atoms with van der Waals surface area (Å²) in [5.74, 6) is -1.22. The average Bonchev–Trinajstić information content (AvgIpc) is 2.83. The van der Waals surface area contributed by atoms with Gasteiger partial charge >= 0.3 is 12.1 Å². The summed E-state index contributed by atoms with van der Waals surface area (Å²) < 4.78 is 47.6. The quantitative estimate of drug-likeness (QED) is 0.918. The number of ether oxygens (including phenoxy) is 1. The fraction of sp³-hybridized carbons (Fsp3) is 0.462. The number of benzene rings is 1.